The molecule has 0 fully saturated rings. The fraction of sp³-hybridized carbons (Fsp3) is 0.235. The van der Waals surface area contributed by atoms with Gasteiger partial charge < -0.3 is 5.32 Å². The van der Waals surface area contributed by atoms with Crippen LogP contribution in [-0.4, -0.2) is 11.2 Å². The summed E-state index contributed by atoms with van der Waals surface area (Å²) < 4.78 is 13.5. The molecular weight excluding hydrogens is 321 g/mol. The third-order valence-electron chi connectivity index (χ3n) is 3.20. The van der Waals surface area contributed by atoms with E-state index in [1.54, 1.807) is 19.1 Å². The first-order valence-electron chi connectivity index (χ1n) is 6.89. The van der Waals surface area contributed by atoms with Gasteiger partial charge in [-0.2, -0.15) is 0 Å². The number of benzene rings is 2. The van der Waals surface area contributed by atoms with Crippen molar-refractivity contribution in [2.45, 2.75) is 24.9 Å². The first-order valence-corrected chi connectivity index (χ1v) is 8.31. The summed E-state index contributed by atoms with van der Waals surface area (Å²) in [5.41, 5.74) is 2.10. The lowest BCUT2D eigenvalue weighted by Gasteiger charge is -2.12. The molecule has 0 saturated carbocycles. The van der Waals surface area contributed by atoms with Crippen molar-refractivity contribution < 1.29 is 9.18 Å². The number of hydrogen-bond donors (Lipinski definition) is 1. The van der Waals surface area contributed by atoms with Crippen LogP contribution in [0.1, 0.15) is 18.1 Å². The van der Waals surface area contributed by atoms with Crippen LogP contribution < -0.4 is 5.32 Å². The standard InChI is InChI=1S/C17H17ClFNOS/c1-11-6-7-15(9-16(11)19)20-17(21)12(2)22-10-13-4-3-5-14(18)8-13/h3-9,12H,10H2,1-2H3,(H,20,21)/t12-/m1/s1. The van der Waals surface area contributed by atoms with Gasteiger partial charge in [0.1, 0.15) is 5.82 Å². The van der Waals surface area contributed by atoms with Gasteiger partial charge in [0.25, 0.3) is 0 Å². The van der Waals surface area contributed by atoms with Crippen LogP contribution in [0.25, 0.3) is 0 Å². The Balaban J connectivity index is 1.90. The minimum absolute atomic E-state index is 0.143. The Labute approximate surface area is 139 Å². The van der Waals surface area contributed by atoms with Crippen LogP contribution in [0.5, 0.6) is 0 Å². The van der Waals surface area contributed by atoms with Crippen molar-refractivity contribution in [3.8, 4) is 0 Å². The van der Waals surface area contributed by atoms with Gasteiger partial charge in [0, 0.05) is 16.5 Å². The van der Waals surface area contributed by atoms with E-state index in [2.05, 4.69) is 5.32 Å². The molecule has 2 rings (SSSR count). The van der Waals surface area contributed by atoms with Gasteiger partial charge >= 0.3 is 0 Å². The second kappa shape index (κ2) is 7.65. The normalized spacial score (nSPS) is 12.0. The van der Waals surface area contributed by atoms with Crippen LogP contribution in [0.3, 0.4) is 0 Å². The Hall–Kier alpha value is -1.52. The van der Waals surface area contributed by atoms with Gasteiger partial charge in [-0.25, -0.2) is 4.39 Å². The Morgan fingerprint density at radius 1 is 1.32 bits per heavy atom. The Morgan fingerprint density at radius 3 is 2.77 bits per heavy atom. The topological polar surface area (TPSA) is 29.1 Å². The number of anilines is 1. The van der Waals surface area contributed by atoms with Gasteiger partial charge in [0.15, 0.2) is 0 Å². The predicted molar refractivity (Wildman–Crippen MR) is 92.0 cm³/mol. The quantitative estimate of drug-likeness (QED) is 0.827. The smallest absolute Gasteiger partial charge is 0.237 e. The molecule has 0 unspecified atom stereocenters. The second-order valence-electron chi connectivity index (χ2n) is 5.04. The molecule has 0 aliphatic carbocycles. The number of rotatable bonds is 5. The molecule has 22 heavy (non-hydrogen) atoms. The van der Waals surface area contributed by atoms with Gasteiger partial charge in [-0.1, -0.05) is 29.8 Å². The largest absolute Gasteiger partial charge is 0.325 e. The summed E-state index contributed by atoms with van der Waals surface area (Å²) in [6.45, 7) is 3.51. The highest BCUT2D eigenvalue weighted by molar-refractivity contribution is 7.99. The molecule has 1 N–H and O–H groups in total. The van der Waals surface area contributed by atoms with E-state index in [-0.39, 0.29) is 17.0 Å². The summed E-state index contributed by atoms with van der Waals surface area (Å²) in [5, 5.41) is 3.17. The van der Waals surface area contributed by atoms with Gasteiger partial charge in [0.2, 0.25) is 5.91 Å². The molecule has 0 bridgehead atoms. The van der Waals surface area contributed by atoms with Crippen molar-refractivity contribution in [2.75, 3.05) is 5.32 Å². The number of aryl methyl sites for hydroxylation is 1. The minimum Gasteiger partial charge on any atom is -0.325 e. The highest BCUT2D eigenvalue weighted by Gasteiger charge is 2.14. The molecule has 0 saturated heterocycles. The number of hydrogen-bond acceptors (Lipinski definition) is 2. The average Bonchev–Trinajstić information content (AvgIpc) is 2.48. The van der Waals surface area contributed by atoms with E-state index in [4.69, 9.17) is 11.6 Å². The molecule has 0 spiro atoms. The van der Waals surface area contributed by atoms with E-state index in [0.29, 0.717) is 22.0 Å². The summed E-state index contributed by atoms with van der Waals surface area (Å²) in [4.78, 5) is 12.1. The third kappa shape index (κ3) is 4.75. The highest BCUT2D eigenvalue weighted by atomic mass is 35.5. The molecule has 2 aromatic rings. The lowest BCUT2D eigenvalue weighted by Crippen LogP contribution is -2.22. The molecular formula is C17H17ClFNOS. The number of nitrogens with one attached hydrogen (secondary N) is 1. The molecule has 116 valence electrons. The molecule has 2 aromatic carbocycles. The predicted octanol–water partition coefficient (Wildman–Crippen LogP) is 5.05. The molecule has 0 aromatic heterocycles. The Morgan fingerprint density at radius 2 is 2.09 bits per heavy atom. The maximum atomic E-state index is 13.5. The lowest BCUT2D eigenvalue weighted by atomic mass is 10.2. The van der Waals surface area contributed by atoms with E-state index >= 15 is 0 Å². The van der Waals surface area contributed by atoms with Crippen LogP contribution in [0.2, 0.25) is 5.02 Å². The SMILES string of the molecule is Cc1ccc(NC(=O)[C@@H](C)SCc2cccc(Cl)c2)cc1F. The zero-order valence-corrected chi connectivity index (χ0v) is 14.0. The number of amides is 1. The van der Waals surface area contributed by atoms with E-state index < -0.39 is 0 Å². The van der Waals surface area contributed by atoms with Crippen molar-refractivity contribution in [2.24, 2.45) is 0 Å². The van der Waals surface area contributed by atoms with Crippen LogP contribution in [0.4, 0.5) is 10.1 Å². The molecule has 5 heteroatoms. The van der Waals surface area contributed by atoms with Crippen LogP contribution in [-0.2, 0) is 10.5 Å². The van der Waals surface area contributed by atoms with E-state index in [0.717, 1.165) is 5.56 Å². The molecule has 1 atom stereocenters. The summed E-state index contributed by atoms with van der Waals surface area (Å²) in [6.07, 6.45) is 0. The first-order chi connectivity index (χ1) is 10.5. The summed E-state index contributed by atoms with van der Waals surface area (Å²) in [7, 11) is 0. The van der Waals surface area contributed by atoms with Gasteiger partial charge in [-0.15, -0.1) is 11.8 Å². The second-order valence-corrected chi connectivity index (χ2v) is 6.80. The van der Waals surface area contributed by atoms with Crippen molar-refractivity contribution in [1.29, 1.82) is 0 Å². The fourth-order valence-corrected chi connectivity index (χ4v) is 2.88. The van der Waals surface area contributed by atoms with Gasteiger partial charge in [0.05, 0.1) is 5.25 Å². The Kier molecular flexibility index (Phi) is 5.86. The summed E-state index contributed by atoms with van der Waals surface area (Å²) >= 11 is 7.44. The molecule has 0 aliphatic heterocycles. The minimum atomic E-state index is -0.322. The third-order valence-corrected chi connectivity index (χ3v) is 4.65. The van der Waals surface area contributed by atoms with E-state index in [9.17, 15) is 9.18 Å². The van der Waals surface area contributed by atoms with Crippen LogP contribution in [0.15, 0.2) is 42.5 Å². The molecule has 1 amide bonds. The van der Waals surface area contributed by atoms with Crippen molar-refractivity contribution in [1.82, 2.24) is 0 Å². The maximum Gasteiger partial charge on any atom is 0.237 e. The summed E-state index contributed by atoms with van der Waals surface area (Å²) in [5.74, 6) is 0.226. The number of thioether (sulfide) groups is 1. The van der Waals surface area contributed by atoms with Crippen LogP contribution in [0, 0.1) is 12.7 Å². The van der Waals surface area contributed by atoms with Crippen LogP contribution >= 0.6 is 23.4 Å². The fourth-order valence-electron chi connectivity index (χ4n) is 1.84. The molecule has 0 radical (unpaired) electrons. The molecule has 0 aliphatic rings. The average molecular weight is 338 g/mol. The van der Waals surface area contributed by atoms with E-state index in [1.807, 2.05) is 31.2 Å². The van der Waals surface area contributed by atoms with Gasteiger partial charge in [-0.3, -0.25) is 4.79 Å². The first kappa shape index (κ1) is 16.8. The lowest BCUT2D eigenvalue weighted by molar-refractivity contribution is -0.115. The monoisotopic (exact) mass is 337 g/mol. The zero-order valence-electron chi connectivity index (χ0n) is 12.4. The number of halogens is 2. The number of carbonyl (C=O) groups excluding carboxylic acids is 1. The summed E-state index contributed by atoms with van der Waals surface area (Å²) in [6, 6.07) is 12.2. The van der Waals surface area contributed by atoms with Crippen molar-refractivity contribution >= 4 is 35.0 Å². The Bertz CT molecular complexity index is 677. The highest BCUT2D eigenvalue weighted by Crippen LogP contribution is 2.22. The van der Waals surface area contributed by atoms with Crippen molar-refractivity contribution in [3.05, 3.63) is 64.4 Å². The zero-order chi connectivity index (χ0) is 16.1. The molecule has 2 nitrogen and oxygen atoms in total. The maximum absolute atomic E-state index is 13.5. The van der Waals surface area contributed by atoms with Gasteiger partial charge in [-0.05, 0) is 49.2 Å². The van der Waals surface area contributed by atoms with Crippen molar-refractivity contribution in [3.63, 3.8) is 0 Å². The number of carbonyl (C=O) groups is 1. The van der Waals surface area contributed by atoms with E-state index in [1.165, 1.54) is 17.8 Å². The molecule has 0 heterocycles.